The van der Waals surface area contributed by atoms with Gasteiger partial charge in [-0.3, -0.25) is 0 Å². The summed E-state index contributed by atoms with van der Waals surface area (Å²) in [7, 11) is 1.46. The molecule has 0 bridgehead atoms. The number of ether oxygens (including phenoxy) is 3. The highest BCUT2D eigenvalue weighted by Crippen LogP contribution is 2.47. The van der Waals surface area contributed by atoms with E-state index in [0.29, 0.717) is 31.2 Å². The highest BCUT2D eigenvalue weighted by atomic mass is 16.6. The Balaban J connectivity index is 1.79. The van der Waals surface area contributed by atoms with Gasteiger partial charge in [-0.05, 0) is 45.7 Å². The number of fused-ring (bicyclic) bond motifs is 2. The van der Waals surface area contributed by atoms with Gasteiger partial charge in [0, 0.05) is 24.1 Å². The van der Waals surface area contributed by atoms with Crippen molar-refractivity contribution in [3.63, 3.8) is 0 Å². The number of hydrogen-bond acceptors (Lipinski definition) is 5. The van der Waals surface area contributed by atoms with Crippen molar-refractivity contribution < 1.29 is 28.9 Å². The second-order valence-electron chi connectivity index (χ2n) is 7.89. The Labute approximate surface area is 152 Å². The topological polar surface area (TPSA) is 85.3 Å². The summed E-state index contributed by atoms with van der Waals surface area (Å²) >= 11 is 0. The molecule has 2 heterocycles. The second kappa shape index (κ2) is 6.37. The van der Waals surface area contributed by atoms with Crippen molar-refractivity contribution >= 4 is 12.1 Å². The maximum Gasteiger partial charge on any atom is 0.410 e. The summed E-state index contributed by atoms with van der Waals surface area (Å²) in [6.07, 6.45) is 1.16. The van der Waals surface area contributed by atoms with E-state index in [4.69, 9.17) is 14.2 Å². The Morgan fingerprint density at radius 2 is 1.88 bits per heavy atom. The first kappa shape index (κ1) is 18.4. The van der Waals surface area contributed by atoms with Crippen LogP contribution in [0.25, 0.3) is 0 Å². The summed E-state index contributed by atoms with van der Waals surface area (Å²) in [5, 5.41) is 9.32. The van der Waals surface area contributed by atoms with E-state index in [2.05, 4.69) is 0 Å². The lowest BCUT2D eigenvalue weighted by atomic mass is 9.74. The molecule has 0 atom stereocenters. The van der Waals surface area contributed by atoms with Crippen molar-refractivity contribution in [2.24, 2.45) is 0 Å². The summed E-state index contributed by atoms with van der Waals surface area (Å²) < 4.78 is 16.5. The van der Waals surface area contributed by atoms with Crippen molar-refractivity contribution in [1.29, 1.82) is 0 Å². The molecule has 1 saturated heterocycles. The average Bonchev–Trinajstić information content (AvgIpc) is 2.90. The molecule has 0 aromatic heterocycles. The maximum absolute atomic E-state index is 12.3. The lowest BCUT2D eigenvalue weighted by molar-refractivity contribution is 0.0152. The van der Waals surface area contributed by atoms with Gasteiger partial charge in [0.05, 0.1) is 13.7 Å². The Bertz CT molecular complexity index is 728. The number of rotatable bonds is 2. The van der Waals surface area contributed by atoms with Gasteiger partial charge in [0.15, 0.2) is 0 Å². The van der Waals surface area contributed by atoms with E-state index in [-0.39, 0.29) is 17.1 Å². The maximum atomic E-state index is 12.3. The number of methoxy groups -OCH3 is 1. The number of benzene rings is 1. The predicted molar refractivity (Wildman–Crippen MR) is 94.2 cm³/mol. The number of carboxylic acid groups (broad SMARTS) is 1. The van der Waals surface area contributed by atoms with Crippen LogP contribution in [0.5, 0.6) is 11.5 Å². The first-order chi connectivity index (χ1) is 12.1. The van der Waals surface area contributed by atoms with Gasteiger partial charge in [0.25, 0.3) is 0 Å². The Morgan fingerprint density at radius 1 is 1.23 bits per heavy atom. The van der Waals surface area contributed by atoms with Gasteiger partial charge < -0.3 is 24.2 Å². The number of carbonyl (C=O) groups excluding carboxylic acids is 1. The van der Waals surface area contributed by atoms with E-state index >= 15 is 0 Å². The molecule has 1 N–H and O–H groups in total. The number of hydrogen-bond donors (Lipinski definition) is 1. The third-order valence-electron chi connectivity index (χ3n) is 4.98. The van der Waals surface area contributed by atoms with Gasteiger partial charge in [-0.15, -0.1) is 0 Å². The molecule has 3 rings (SSSR count). The van der Waals surface area contributed by atoms with E-state index < -0.39 is 11.6 Å². The summed E-state index contributed by atoms with van der Waals surface area (Å²) in [5.41, 5.74) is 0.311. The van der Waals surface area contributed by atoms with Crippen LogP contribution in [-0.2, 0) is 10.2 Å². The van der Waals surface area contributed by atoms with Crippen LogP contribution >= 0.6 is 0 Å². The molecule has 2 aliphatic rings. The largest absolute Gasteiger partial charge is 0.496 e. The van der Waals surface area contributed by atoms with Crippen molar-refractivity contribution in [3.8, 4) is 11.5 Å². The summed E-state index contributed by atoms with van der Waals surface area (Å²) in [6, 6.07) is 3.31. The Morgan fingerprint density at radius 3 is 2.42 bits per heavy atom. The zero-order valence-electron chi connectivity index (χ0n) is 15.6. The van der Waals surface area contributed by atoms with Crippen LogP contribution in [0.15, 0.2) is 12.1 Å². The first-order valence-electron chi connectivity index (χ1n) is 8.72. The van der Waals surface area contributed by atoms with Crippen LogP contribution in [0.4, 0.5) is 4.79 Å². The minimum absolute atomic E-state index is 0.0921. The molecular weight excluding hydrogens is 338 g/mol. The van der Waals surface area contributed by atoms with E-state index in [1.54, 1.807) is 11.0 Å². The SMILES string of the molecule is COc1cc2c(cc1C(=O)O)OCC21CCN(C(=O)OC(C)(C)C)CC1. The van der Waals surface area contributed by atoms with Crippen molar-refractivity contribution in [2.45, 2.75) is 44.6 Å². The molecule has 26 heavy (non-hydrogen) atoms. The van der Waals surface area contributed by atoms with Crippen molar-refractivity contribution in [3.05, 3.63) is 23.3 Å². The summed E-state index contributed by atoms with van der Waals surface area (Å²) in [4.78, 5) is 25.4. The molecule has 0 aliphatic carbocycles. The third kappa shape index (κ3) is 3.30. The fourth-order valence-electron chi connectivity index (χ4n) is 3.58. The van der Waals surface area contributed by atoms with Gasteiger partial charge in [0.1, 0.15) is 22.7 Å². The summed E-state index contributed by atoms with van der Waals surface area (Å²) in [6.45, 7) is 7.18. The Hall–Kier alpha value is -2.44. The van der Waals surface area contributed by atoms with Crippen molar-refractivity contribution in [1.82, 2.24) is 4.90 Å². The number of aromatic carboxylic acids is 1. The molecule has 0 unspecified atom stereocenters. The number of nitrogens with zero attached hydrogens (tertiary/aromatic N) is 1. The van der Waals surface area contributed by atoms with E-state index in [0.717, 1.165) is 18.4 Å². The number of piperidine rings is 1. The number of carboxylic acids is 1. The zero-order valence-corrected chi connectivity index (χ0v) is 15.6. The standard InChI is InChI=1S/C19H25NO6/c1-18(2,3)26-17(23)20-7-5-19(6-8-20)11-25-15-9-12(16(21)22)14(24-4)10-13(15)19/h9-10H,5-8,11H2,1-4H3,(H,21,22). The molecule has 142 valence electrons. The van der Waals surface area contributed by atoms with Gasteiger partial charge in [0.2, 0.25) is 0 Å². The van der Waals surface area contributed by atoms with Crippen LogP contribution in [-0.4, -0.2) is 54.5 Å². The van der Waals surface area contributed by atoms with Crippen LogP contribution < -0.4 is 9.47 Å². The molecule has 1 amide bonds. The van der Waals surface area contributed by atoms with Gasteiger partial charge in [-0.1, -0.05) is 0 Å². The second-order valence-corrected chi connectivity index (χ2v) is 7.89. The van der Waals surface area contributed by atoms with E-state index in [1.807, 2.05) is 20.8 Å². The van der Waals surface area contributed by atoms with E-state index in [9.17, 15) is 14.7 Å². The molecule has 1 fully saturated rings. The predicted octanol–water partition coefficient (Wildman–Crippen LogP) is 3.05. The van der Waals surface area contributed by atoms with Crippen LogP contribution in [0.1, 0.15) is 49.5 Å². The van der Waals surface area contributed by atoms with Crippen molar-refractivity contribution in [2.75, 3.05) is 26.8 Å². The fraction of sp³-hybridized carbons (Fsp3) is 0.579. The lowest BCUT2D eigenvalue weighted by Gasteiger charge is -2.39. The molecule has 0 saturated carbocycles. The Kier molecular flexibility index (Phi) is 4.50. The smallest absolute Gasteiger partial charge is 0.410 e. The molecule has 1 aromatic carbocycles. The average molecular weight is 363 g/mol. The van der Waals surface area contributed by atoms with E-state index in [1.165, 1.54) is 13.2 Å². The normalized spacial score (nSPS) is 18.2. The minimum Gasteiger partial charge on any atom is -0.496 e. The van der Waals surface area contributed by atoms with Crippen LogP contribution in [0, 0.1) is 0 Å². The zero-order chi connectivity index (χ0) is 19.1. The van der Waals surface area contributed by atoms with Gasteiger partial charge >= 0.3 is 12.1 Å². The quantitative estimate of drug-likeness (QED) is 0.869. The molecule has 1 spiro atoms. The molecule has 7 nitrogen and oxygen atoms in total. The highest BCUT2D eigenvalue weighted by molar-refractivity contribution is 5.92. The number of carbonyl (C=O) groups is 2. The molecule has 2 aliphatic heterocycles. The molecule has 7 heteroatoms. The lowest BCUT2D eigenvalue weighted by Crippen LogP contribution is -2.47. The number of likely N-dealkylation sites (tertiary alicyclic amines) is 1. The minimum atomic E-state index is -1.05. The fourth-order valence-corrected chi connectivity index (χ4v) is 3.58. The number of amides is 1. The highest BCUT2D eigenvalue weighted by Gasteiger charge is 2.45. The molecular formula is C19H25NO6. The van der Waals surface area contributed by atoms with Gasteiger partial charge in [-0.25, -0.2) is 9.59 Å². The van der Waals surface area contributed by atoms with Crippen LogP contribution in [0.3, 0.4) is 0 Å². The third-order valence-corrected chi connectivity index (χ3v) is 4.98. The van der Waals surface area contributed by atoms with Crippen LogP contribution in [0.2, 0.25) is 0 Å². The monoisotopic (exact) mass is 363 g/mol. The molecule has 1 aromatic rings. The van der Waals surface area contributed by atoms with Gasteiger partial charge in [-0.2, -0.15) is 0 Å². The first-order valence-corrected chi connectivity index (χ1v) is 8.72. The summed E-state index contributed by atoms with van der Waals surface area (Å²) in [5.74, 6) is -0.126. The molecule has 0 radical (unpaired) electrons.